The lowest BCUT2D eigenvalue weighted by molar-refractivity contribution is -0.141. The van der Waals surface area contributed by atoms with Gasteiger partial charge >= 0.3 is 17.8 Å². The number of carboxylic acids is 1. The van der Waals surface area contributed by atoms with Crippen molar-refractivity contribution < 1.29 is 51.4 Å². The van der Waals surface area contributed by atoms with Crippen LogP contribution in [0.2, 0.25) is 0 Å². The maximum absolute atomic E-state index is 13.7. The Morgan fingerprint density at radius 2 is 1.55 bits per heavy atom. The van der Waals surface area contributed by atoms with E-state index in [0.29, 0.717) is 6.42 Å². The highest BCUT2D eigenvalue weighted by atomic mass is 19.2. The minimum absolute atomic E-state index is 0.0757. The molecule has 0 aliphatic rings. The first-order chi connectivity index (χ1) is 18.7. The third-order valence-electron chi connectivity index (χ3n) is 5.64. The molecule has 40 heavy (non-hydrogen) atoms. The monoisotopic (exact) mass is 569 g/mol. The van der Waals surface area contributed by atoms with Crippen LogP contribution in [0.4, 0.5) is 17.6 Å². The van der Waals surface area contributed by atoms with Crippen LogP contribution in [0.25, 0.3) is 0 Å². The second-order valence-corrected chi connectivity index (χ2v) is 8.84. The molecule has 216 valence electrons. The molecule has 0 fully saturated rings. The second kappa shape index (κ2) is 14.1. The highest BCUT2D eigenvalue weighted by Gasteiger charge is 2.29. The smallest absolute Gasteiger partial charge is 0.309 e. The molecule has 0 aliphatic carbocycles. The van der Waals surface area contributed by atoms with Crippen molar-refractivity contribution in [2.45, 2.75) is 45.7 Å². The molecular weight excluding hydrogens is 542 g/mol. The number of hydrogen-bond donors (Lipinski definition) is 4. The summed E-state index contributed by atoms with van der Waals surface area (Å²) in [4.78, 5) is 60.3. The third kappa shape index (κ3) is 8.78. The largest absolute Gasteiger partial charge is 0.481 e. The number of ketones is 1. The van der Waals surface area contributed by atoms with Gasteiger partial charge < -0.3 is 25.8 Å². The van der Waals surface area contributed by atoms with Gasteiger partial charge in [-0.15, -0.1) is 0 Å². The lowest BCUT2D eigenvalue weighted by Gasteiger charge is -2.20. The van der Waals surface area contributed by atoms with Crippen molar-refractivity contribution >= 4 is 29.5 Å². The lowest BCUT2D eigenvalue weighted by Crippen LogP contribution is -2.53. The maximum Gasteiger partial charge on any atom is 0.309 e. The first-order valence-corrected chi connectivity index (χ1v) is 11.9. The summed E-state index contributed by atoms with van der Waals surface area (Å²) in [6.45, 7) is 3.85. The zero-order valence-corrected chi connectivity index (χ0v) is 21.7. The topological polar surface area (TPSA) is 151 Å². The number of carbonyl (C=O) groups is 5. The molecule has 10 nitrogen and oxygen atoms in total. The van der Waals surface area contributed by atoms with Crippen LogP contribution in [-0.2, 0) is 30.4 Å². The Kier molecular flexibility index (Phi) is 11.1. The molecule has 0 saturated carbocycles. The van der Waals surface area contributed by atoms with Gasteiger partial charge in [0.2, 0.25) is 17.5 Å². The van der Waals surface area contributed by atoms with E-state index in [2.05, 4.69) is 15.4 Å². The molecule has 0 saturated heterocycles. The van der Waals surface area contributed by atoms with Crippen LogP contribution in [0, 0.1) is 37.1 Å². The van der Waals surface area contributed by atoms with Crippen molar-refractivity contribution in [1.29, 1.82) is 0 Å². The van der Waals surface area contributed by atoms with E-state index in [-0.39, 0.29) is 12.6 Å². The number of hydrogen-bond acceptors (Lipinski definition) is 6. The summed E-state index contributed by atoms with van der Waals surface area (Å²) < 4.78 is 58.7. The second-order valence-electron chi connectivity index (χ2n) is 8.84. The summed E-state index contributed by atoms with van der Waals surface area (Å²) in [7, 11) is 0. The average molecular weight is 570 g/mol. The SMILES string of the molecule is Cc1ccc(CCNC(=O)C(=O)N[C@@H](C)C(=O)N[C@@H](CC(=O)O)C(=O)COc2c(F)c(F)cc(F)c2F)c(C)c1. The lowest BCUT2D eigenvalue weighted by atomic mass is 10.0. The van der Waals surface area contributed by atoms with E-state index >= 15 is 0 Å². The van der Waals surface area contributed by atoms with Gasteiger partial charge in [-0.25, -0.2) is 8.78 Å². The maximum atomic E-state index is 13.7. The predicted molar refractivity (Wildman–Crippen MR) is 131 cm³/mol. The van der Waals surface area contributed by atoms with Crippen LogP contribution >= 0.6 is 0 Å². The normalized spacial score (nSPS) is 12.2. The number of halogens is 4. The molecule has 2 rings (SSSR count). The van der Waals surface area contributed by atoms with Gasteiger partial charge in [0.05, 0.1) is 6.42 Å². The molecule has 2 aromatic carbocycles. The zero-order chi connectivity index (χ0) is 30.1. The highest BCUT2D eigenvalue weighted by Crippen LogP contribution is 2.26. The third-order valence-corrected chi connectivity index (χ3v) is 5.64. The molecule has 14 heteroatoms. The van der Waals surface area contributed by atoms with Gasteiger partial charge in [-0.3, -0.25) is 24.0 Å². The van der Waals surface area contributed by atoms with Crippen molar-refractivity contribution in [2.24, 2.45) is 0 Å². The van der Waals surface area contributed by atoms with Crippen molar-refractivity contribution in [3.8, 4) is 5.75 Å². The summed E-state index contributed by atoms with van der Waals surface area (Å²) in [6, 6.07) is 2.45. The number of aliphatic carboxylic acids is 1. The Bertz CT molecular complexity index is 1290. The molecule has 4 N–H and O–H groups in total. The van der Waals surface area contributed by atoms with Crippen molar-refractivity contribution in [1.82, 2.24) is 16.0 Å². The number of Topliss-reactive ketones (excluding diaryl/α,β-unsaturated/α-hetero) is 1. The average Bonchev–Trinajstić information content (AvgIpc) is 2.87. The van der Waals surface area contributed by atoms with Gasteiger partial charge in [0, 0.05) is 12.6 Å². The van der Waals surface area contributed by atoms with Crippen molar-refractivity contribution in [3.05, 3.63) is 64.2 Å². The van der Waals surface area contributed by atoms with Gasteiger partial charge in [-0.1, -0.05) is 23.8 Å². The number of nitrogens with one attached hydrogen (secondary N) is 3. The fraction of sp³-hybridized carbons (Fsp3) is 0.346. The number of carbonyl (C=O) groups excluding carboxylic acids is 4. The summed E-state index contributed by atoms with van der Waals surface area (Å²) >= 11 is 0. The number of carboxylic acid groups (broad SMARTS) is 1. The fourth-order valence-electron chi connectivity index (χ4n) is 3.48. The molecule has 0 heterocycles. The van der Waals surface area contributed by atoms with Crippen LogP contribution in [0.5, 0.6) is 5.75 Å². The molecule has 0 radical (unpaired) electrons. The van der Waals surface area contributed by atoms with E-state index in [0.717, 1.165) is 23.6 Å². The summed E-state index contributed by atoms with van der Waals surface area (Å²) in [5.41, 5.74) is 3.05. The number of rotatable bonds is 12. The molecule has 0 unspecified atom stereocenters. The van der Waals surface area contributed by atoms with E-state index in [1.54, 1.807) is 0 Å². The van der Waals surface area contributed by atoms with Gasteiger partial charge in [-0.05, 0) is 38.3 Å². The summed E-state index contributed by atoms with van der Waals surface area (Å²) in [5.74, 6) is -15.1. The van der Waals surface area contributed by atoms with Crippen LogP contribution in [0.3, 0.4) is 0 Å². The van der Waals surface area contributed by atoms with E-state index in [4.69, 9.17) is 5.11 Å². The molecule has 0 aromatic heterocycles. The molecule has 2 atom stereocenters. The summed E-state index contributed by atoms with van der Waals surface area (Å²) in [6.07, 6.45) is -0.561. The van der Waals surface area contributed by atoms with Crippen LogP contribution in [-0.4, -0.2) is 59.8 Å². The molecule has 2 aromatic rings. The highest BCUT2D eigenvalue weighted by molar-refractivity contribution is 6.35. The van der Waals surface area contributed by atoms with E-state index in [9.17, 15) is 41.5 Å². The number of benzene rings is 2. The van der Waals surface area contributed by atoms with Crippen LogP contribution in [0.15, 0.2) is 24.3 Å². The molecule has 0 aliphatic heterocycles. The van der Waals surface area contributed by atoms with E-state index < -0.39 is 83.6 Å². The molecular formula is C26H27F4N3O7. The van der Waals surface area contributed by atoms with Gasteiger partial charge in [0.25, 0.3) is 0 Å². The van der Waals surface area contributed by atoms with Crippen LogP contribution < -0.4 is 20.7 Å². The van der Waals surface area contributed by atoms with Crippen LogP contribution in [0.1, 0.15) is 30.0 Å². The van der Waals surface area contributed by atoms with Crippen molar-refractivity contribution in [2.75, 3.05) is 13.2 Å². The predicted octanol–water partition coefficient (Wildman–Crippen LogP) is 1.63. The minimum atomic E-state index is -1.92. The molecule has 0 bridgehead atoms. The Hall–Kier alpha value is -4.49. The number of amides is 3. The van der Waals surface area contributed by atoms with Crippen molar-refractivity contribution in [3.63, 3.8) is 0 Å². The Morgan fingerprint density at radius 1 is 0.925 bits per heavy atom. The Labute approximate surface area is 226 Å². The first-order valence-electron chi connectivity index (χ1n) is 11.9. The Morgan fingerprint density at radius 3 is 2.12 bits per heavy atom. The number of ether oxygens (including phenoxy) is 1. The standard InChI is InChI=1S/C26H27F4N3O7/c1-12-4-5-15(13(2)8-12)6-7-31-25(38)26(39)32-14(3)24(37)33-18(10-20(35)36)19(34)11-40-23-21(29)16(27)9-17(28)22(23)30/h4-5,8-9,14,18H,6-7,10-11H2,1-3H3,(H,31,38)(H,32,39)(H,33,37)(H,35,36)/t14-,18-/m0/s1. The molecule has 0 spiro atoms. The van der Waals surface area contributed by atoms with E-state index in [1.807, 2.05) is 37.4 Å². The first kappa shape index (κ1) is 31.7. The minimum Gasteiger partial charge on any atom is -0.481 e. The summed E-state index contributed by atoms with van der Waals surface area (Å²) in [5, 5.41) is 15.6. The van der Waals surface area contributed by atoms with Gasteiger partial charge in [-0.2, -0.15) is 8.78 Å². The quantitative estimate of drug-likeness (QED) is 0.172. The molecule has 3 amide bonds. The van der Waals surface area contributed by atoms with E-state index in [1.165, 1.54) is 0 Å². The zero-order valence-electron chi connectivity index (χ0n) is 21.7. The van der Waals surface area contributed by atoms with Gasteiger partial charge in [0.15, 0.2) is 23.2 Å². The Balaban J connectivity index is 1.94. The number of aryl methyl sites for hydroxylation is 2. The fourth-order valence-corrected chi connectivity index (χ4v) is 3.48. The van der Waals surface area contributed by atoms with Gasteiger partial charge in [0.1, 0.15) is 18.7 Å².